The molecule has 0 radical (unpaired) electrons. The van der Waals surface area contributed by atoms with Gasteiger partial charge in [0.15, 0.2) is 0 Å². The topological polar surface area (TPSA) is 40.5 Å². The van der Waals surface area contributed by atoms with Crippen LogP contribution in [0.1, 0.15) is 29.8 Å². The lowest BCUT2D eigenvalue weighted by atomic mass is 10.1. The molecule has 0 atom stereocenters. The Morgan fingerprint density at radius 1 is 1.33 bits per heavy atom. The Kier molecular flexibility index (Phi) is 4.06. The van der Waals surface area contributed by atoms with Gasteiger partial charge in [-0.15, -0.1) is 0 Å². The molecule has 1 aromatic rings. The van der Waals surface area contributed by atoms with Crippen molar-refractivity contribution >= 4 is 5.91 Å². The predicted octanol–water partition coefficient (Wildman–Crippen LogP) is 2.12. The third-order valence-electron chi connectivity index (χ3n) is 2.45. The van der Waals surface area contributed by atoms with E-state index in [-0.39, 0.29) is 17.7 Å². The number of amides is 1. The number of hydrogen-bond acceptors (Lipinski definition) is 2. The second kappa shape index (κ2) is 5.02. The lowest BCUT2D eigenvalue weighted by Crippen LogP contribution is -2.40. The minimum absolute atomic E-state index is 0.0285. The van der Waals surface area contributed by atoms with E-state index >= 15 is 0 Å². The van der Waals surface area contributed by atoms with Crippen LogP contribution < -0.4 is 0 Å². The van der Waals surface area contributed by atoms with Gasteiger partial charge >= 0.3 is 0 Å². The number of nitrogens with zero attached hydrogens (tertiary/aromatic N) is 1. The van der Waals surface area contributed by atoms with E-state index < -0.39 is 23.1 Å². The molecule has 1 amide bonds. The maximum Gasteiger partial charge on any atom is 0.256 e. The molecule has 0 aliphatic carbocycles. The van der Waals surface area contributed by atoms with Crippen molar-refractivity contribution in [2.75, 3.05) is 13.6 Å². The first-order valence-electron chi connectivity index (χ1n) is 5.55. The SMILES string of the molecule is Cc1cc(F)c(C(=O)N(C)CC(C)(C)O)cc1F. The molecule has 0 aromatic heterocycles. The van der Waals surface area contributed by atoms with Crippen LogP contribution in [0, 0.1) is 18.6 Å². The molecule has 0 fully saturated rings. The van der Waals surface area contributed by atoms with E-state index in [0.29, 0.717) is 0 Å². The van der Waals surface area contributed by atoms with Crippen molar-refractivity contribution in [2.24, 2.45) is 0 Å². The first-order chi connectivity index (χ1) is 8.11. The standard InChI is InChI=1S/C13H17F2NO2/c1-8-5-11(15)9(6-10(8)14)12(17)16(4)7-13(2,3)18/h5-6,18H,7H2,1-4H3. The zero-order valence-corrected chi connectivity index (χ0v) is 10.9. The highest BCUT2D eigenvalue weighted by molar-refractivity contribution is 5.94. The number of benzene rings is 1. The van der Waals surface area contributed by atoms with Gasteiger partial charge in [-0.3, -0.25) is 4.79 Å². The summed E-state index contributed by atoms with van der Waals surface area (Å²) in [6.45, 7) is 4.51. The molecule has 0 aliphatic rings. The van der Waals surface area contributed by atoms with Gasteiger partial charge in [0.05, 0.1) is 11.2 Å². The van der Waals surface area contributed by atoms with Crippen molar-refractivity contribution in [1.29, 1.82) is 0 Å². The van der Waals surface area contributed by atoms with E-state index in [1.165, 1.54) is 27.8 Å². The van der Waals surface area contributed by atoms with Crippen molar-refractivity contribution in [2.45, 2.75) is 26.4 Å². The molecule has 0 spiro atoms. The first kappa shape index (κ1) is 14.6. The van der Waals surface area contributed by atoms with E-state index in [0.717, 1.165) is 17.0 Å². The Labute approximate surface area is 105 Å². The van der Waals surface area contributed by atoms with Gasteiger partial charge in [-0.1, -0.05) is 0 Å². The highest BCUT2D eigenvalue weighted by atomic mass is 19.1. The minimum Gasteiger partial charge on any atom is -0.389 e. The number of carbonyl (C=O) groups is 1. The van der Waals surface area contributed by atoms with E-state index in [1.54, 1.807) is 0 Å². The van der Waals surface area contributed by atoms with Gasteiger partial charge in [0.1, 0.15) is 11.6 Å². The first-order valence-corrected chi connectivity index (χ1v) is 5.55. The fraction of sp³-hybridized carbons (Fsp3) is 0.462. The summed E-state index contributed by atoms with van der Waals surface area (Å²) in [4.78, 5) is 13.1. The molecule has 0 heterocycles. The monoisotopic (exact) mass is 257 g/mol. The number of likely N-dealkylation sites (N-methyl/N-ethyl adjacent to an activating group) is 1. The maximum atomic E-state index is 13.6. The summed E-state index contributed by atoms with van der Waals surface area (Å²) in [5, 5.41) is 9.59. The Morgan fingerprint density at radius 2 is 1.89 bits per heavy atom. The third kappa shape index (κ3) is 3.50. The van der Waals surface area contributed by atoms with Gasteiger partial charge in [-0.2, -0.15) is 0 Å². The van der Waals surface area contributed by atoms with Gasteiger partial charge in [-0.05, 0) is 38.5 Å². The molecular formula is C13H17F2NO2. The summed E-state index contributed by atoms with van der Waals surface area (Å²) in [5.41, 5.74) is -1.27. The molecule has 18 heavy (non-hydrogen) atoms. The van der Waals surface area contributed by atoms with Crippen LogP contribution >= 0.6 is 0 Å². The number of rotatable bonds is 3. The Hall–Kier alpha value is -1.49. The fourth-order valence-electron chi connectivity index (χ4n) is 1.67. The number of halogens is 2. The molecule has 0 bridgehead atoms. The van der Waals surface area contributed by atoms with Crippen LogP contribution in [-0.4, -0.2) is 35.1 Å². The second-order valence-electron chi connectivity index (χ2n) is 5.05. The van der Waals surface area contributed by atoms with E-state index in [4.69, 9.17) is 0 Å². The zero-order valence-electron chi connectivity index (χ0n) is 10.9. The Morgan fingerprint density at radius 3 is 2.39 bits per heavy atom. The molecule has 100 valence electrons. The van der Waals surface area contributed by atoms with E-state index in [2.05, 4.69) is 0 Å². The highest BCUT2D eigenvalue weighted by Crippen LogP contribution is 2.16. The molecule has 0 saturated heterocycles. The average Bonchev–Trinajstić information content (AvgIpc) is 2.20. The summed E-state index contributed by atoms with van der Waals surface area (Å²) in [5.74, 6) is -2.05. The largest absolute Gasteiger partial charge is 0.389 e. The second-order valence-corrected chi connectivity index (χ2v) is 5.05. The van der Waals surface area contributed by atoms with E-state index in [9.17, 15) is 18.7 Å². The number of aryl methyl sites for hydroxylation is 1. The van der Waals surface area contributed by atoms with Crippen LogP contribution in [0.4, 0.5) is 8.78 Å². The van der Waals surface area contributed by atoms with Crippen LogP contribution in [0.2, 0.25) is 0 Å². The molecule has 3 nitrogen and oxygen atoms in total. The normalized spacial score (nSPS) is 11.5. The van der Waals surface area contributed by atoms with Crippen molar-refractivity contribution in [3.63, 3.8) is 0 Å². The number of aliphatic hydroxyl groups is 1. The summed E-state index contributed by atoms with van der Waals surface area (Å²) in [7, 11) is 1.43. The highest BCUT2D eigenvalue weighted by Gasteiger charge is 2.23. The maximum absolute atomic E-state index is 13.6. The van der Waals surface area contributed by atoms with Gasteiger partial charge in [0.2, 0.25) is 0 Å². The van der Waals surface area contributed by atoms with Gasteiger partial charge in [-0.25, -0.2) is 8.78 Å². The molecule has 0 saturated carbocycles. The van der Waals surface area contributed by atoms with Crippen LogP contribution in [0.15, 0.2) is 12.1 Å². The number of carbonyl (C=O) groups excluding carboxylic acids is 1. The summed E-state index contributed by atoms with van der Waals surface area (Å²) in [6.07, 6.45) is 0. The molecule has 1 aromatic carbocycles. The summed E-state index contributed by atoms with van der Waals surface area (Å²) in [6, 6.07) is 1.87. The van der Waals surface area contributed by atoms with Crippen LogP contribution in [0.25, 0.3) is 0 Å². The van der Waals surface area contributed by atoms with E-state index in [1.807, 2.05) is 0 Å². The summed E-state index contributed by atoms with van der Waals surface area (Å²) < 4.78 is 26.9. The quantitative estimate of drug-likeness (QED) is 0.901. The smallest absolute Gasteiger partial charge is 0.256 e. The van der Waals surface area contributed by atoms with Gasteiger partial charge in [0.25, 0.3) is 5.91 Å². The Bertz CT molecular complexity index is 467. The fourth-order valence-corrected chi connectivity index (χ4v) is 1.67. The number of hydrogen-bond donors (Lipinski definition) is 1. The van der Waals surface area contributed by atoms with Crippen LogP contribution in [0.5, 0.6) is 0 Å². The lowest BCUT2D eigenvalue weighted by Gasteiger charge is -2.25. The van der Waals surface area contributed by atoms with Crippen molar-refractivity contribution in [3.8, 4) is 0 Å². The predicted molar refractivity (Wildman–Crippen MR) is 64.4 cm³/mol. The Balaban J connectivity index is 3.01. The van der Waals surface area contributed by atoms with Crippen molar-refractivity contribution in [3.05, 3.63) is 34.9 Å². The van der Waals surface area contributed by atoms with Crippen LogP contribution in [0.3, 0.4) is 0 Å². The average molecular weight is 257 g/mol. The van der Waals surface area contributed by atoms with Gasteiger partial charge < -0.3 is 10.0 Å². The van der Waals surface area contributed by atoms with Crippen molar-refractivity contribution in [1.82, 2.24) is 4.90 Å². The third-order valence-corrected chi connectivity index (χ3v) is 2.45. The lowest BCUT2D eigenvalue weighted by molar-refractivity contribution is 0.0365. The molecule has 1 N–H and O–H groups in total. The van der Waals surface area contributed by atoms with Crippen LogP contribution in [-0.2, 0) is 0 Å². The summed E-state index contributed by atoms with van der Waals surface area (Å²) >= 11 is 0. The van der Waals surface area contributed by atoms with Gasteiger partial charge in [0, 0.05) is 13.6 Å². The zero-order chi connectivity index (χ0) is 14.1. The minimum atomic E-state index is -1.09. The molecule has 1 rings (SSSR count). The molecular weight excluding hydrogens is 240 g/mol. The molecule has 0 aliphatic heterocycles. The molecule has 5 heteroatoms. The molecule has 0 unspecified atom stereocenters. The van der Waals surface area contributed by atoms with Crippen molar-refractivity contribution < 1.29 is 18.7 Å².